The Hall–Kier alpha value is -0.940. The predicted octanol–water partition coefficient (Wildman–Crippen LogP) is 2.43. The van der Waals surface area contributed by atoms with E-state index in [1.165, 1.54) is 37.1 Å². The molecule has 0 radical (unpaired) electrons. The first-order valence-electron chi connectivity index (χ1n) is 6.76. The van der Waals surface area contributed by atoms with Gasteiger partial charge >= 0.3 is 0 Å². The number of halogens is 1. The highest BCUT2D eigenvalue weighted by atomic mass is 32.2. The predicted molar refractivity (Wildman–Crippen MR) is 71.4 cm³/mol. The van der Waals surface area contributed by atoms with E-state index in [4.69, 9.17) is 0 Å². The molecule has 0 heterocycles. The number of benzene rings is 1. The molecule has 0 aromatic heterocycles. The van der Waals surface area contributed by atoms with E-state index in [0.717, 1.165) is 12.8 Å². The fourth-order valence-electron chi connectivity index (χ4n) is 3.46. The molecule has 0 amide bonds. The van der Waals surface area contributed by atoms with Crippen molar-refractivity contribution in [1.29, 1.82) is 0 Å². The van der Waals surface area contributed by atoms with Crippen LogP contribution in [0.4, 0.5) is 4.39 Å². The Balaban J connectivity index is 1.64. The highest BCUT2D eigenvalue weighted by molar-refractivity contribution is 7.88. The zero-order valence-corrected chi connectivity index (χ0v) is 11.5. The van der Waals surface area contributed by atoms with Crippen molar-refractivity contribution in [2.45, 2.75) is 37.5 Å². The third kappa shape index (κ3) is 2.98. The molecule has 3 nitrogen and oxygen atoms in total. The minimum Gasteiger partial charge on any atom is -0.212 e. The summed E-state index contributed by atoms with van der Waals surface area (Å²) in [5, 5.41) is 0. The Morgan fingerprint density at radius 2 is 1.89 bits per heavy atom. The van der Waals surface area contributed by atoms with Gasteiger partial charge < -0.3 is 0 Å². The summed E-state index contributed by atoms with van der Waals surface area (Å²) in [6.07, 6.45) is 4.55. The van der Waals surface area contributed by atoms with Crippen molar-refractivity contribution in [3.8, 4) is 0 Å². The zero-order valence-electron chi connectivity index (χ0n) is 10.7. The van der Waals surface area contributed by atoms with Gasteiger partial charge in [-0.25, -0.2) is 17.5 Å². The van der Waals surface area contributed by atoms with Crippen LogP contribution >= 0.6 is 0 Å². The summed E-state index contributed by atoms with van der Waals surface area (Å²) in [5.41, 5.74) is 0.622. The molecule has 0 aliphatic heterocycles. The van der Waals surface area contributed by atoms with E-state index >= 15 is 0 Å². The minimum atomic E-state index is -3.33. The number of hydrogen-bond acceptors (Lipinski definition) is 2. The topological polar surface area (TPSA) is 46.2 Å². The number of sulfonamides is 1. The van der Waals surface area contributed by atoms with Crippen LogP contribution in [-0.2, 0) is 15.8 Å². The molecule has 0 unspecified atom stereocenters. The minimum absolute atomic E-state index is 0.0683. The van der Waals surface area contributed by atoms with Gasteiger partial charge in [0.1, 0.15) is 5.82 Å². The van der Waals surface area contributed by atoms with Crippen molar-refractivity contribution in [2.24, 2.45) is 11.8 Å². The molecule has 5 heteroatoms. The van der Waals surface area contributed by atoms with Crippen LogP contribution in [0.3, 0.4) is 0 Å². The highest BCUT2D eigenvalue weighted by Gasteiger charge is 2.40. The first-order valence-corrected chi connectivity index (χ1v) is 8.41. The standard InChI is InChI=1S/C14H18FNO2S/c15-13-5-2-10(3-6-13)9-19(17,18)16-14-8-11-1-4-12(14)7-11/h2-3,5-6,11-12,14,16H,1,4,7-9H2/t11-,12-,14+/m0/s1. The van der Waals surface area contributed by atoms with Gasteiger partial charge in [0.25, 0.3) is 0 Å². The maximum Gasteiger partial charge on any atom is 0.216 e. The Morgan fingerprint density at radius 3 is 2.47 bits per heavy atom. The SMILES string of the molecule is O=S(=O)(Cc1ccc(F)cc1)N[C@@H]1C[C@H]2CC[C@H]1C2. The maximum atomic E-state index is 12.8. The fourth-order valence-corrected chi connectivity index (χ4v) is 4.93. The molecule has 1 N–H and O–H groups in total. The van der Waals surface area contributed by atoms with Crippen LogP contribution in [0.15, 0.2) is 24.3 Å². The van der Waals surface area contributed by atoms with E-state index < -0.39 is 10.0 Å². The van der Waals surface area contributed by atoms with E-state index in [-0.39, 0.29) is 17.6 Å². The average molecular weight is 283 g/mol. The van der Waals surface area contributed by atoms with Crippen LogP contribution in [0.25, 0.3) is 0 Å². The Bertz CT molecular complexity index is 555. The quantitative estimate of drug-likeness (QED) is 0.922. The lowest BCUT2D eigenvalue weighted by Gasteiger charge is -2.22. The van der Waals surface area contributed by atoms with Crippen molar-refractivity contribution in [2.75, 3.05) is 0 Å². The van der Waals surface area contributed by atoms with Crippen LogP contribution in [0, 0.1) is 17.7 Å². The van der Waals surface area contributed by atoms with Crippen molar-refractivity contribution in [1.82, 2.24) is 4.72 Å². The summed E-state index contributed by atoms with van der Waals surface area (Å²) >= 11 is 0. The second-order valence-corrected chi connectivity index (χ2v) is 7.54. The summed E-state index contributed by atoms with van der Waals surface area (Å²) in [6.45, 7) is 0. The van der Waals surface area contributed by atoms with Crippen LogP contribution in [0.5, 0.6) is 0 Å². The van der Waals surface area contributed by atoms with Crippen molar-refractivity contribution < 1.29 is 12.8 Å². The largest absolute Gasteiger partial charge is 0.216 e. The van der Waals surface area contributed by atoms with E-state index in [1.807, 2.05) is 0 Å². The number of rotatable bonds is 4. The van der Waals surface area contributed by atoms with Crippen LogP contribution in [0.1, 0.15) is 31.2 Å². The summed E-state index contributed by atoms with van der Waals surface area (Å²) in [5.74, 6) is 0.819. The molecule has 2 fully saturated rings. The maximum absolute atomic E-state index is 12.8. The number of fused-ring (bicyclic) bond motifs is 2. The molecule has 2 bridgehead atoms. The van der Waals surface area contributed by atoms with Gasteiger partial charge in [0.05, 0.1) is 5.75 Å². The first-order chi connectivity index (χ1) is 9.02. The zero-order chi connectivity index (χ0) is 13.5. The van der Waals surface area contributed by atoms with E-state index in [1.54, 1.807) is 0 Å². The molecule has 3 atom stereocenters. The number of hydrogen-bond donors (Lipinski definition) is 1. The van der Waals surface area contributed by atoms with Crippen molar-refractivity contribution >= 4 is 10.0 Å². The number of nitrogens with one attached hydrogen (secondary N) is 1. The lowest BCUT2D eigenvalue weighted by atomic mass is 9.96. The van der Waals surface area contributed by atoms with Gasteiger partial charge in [0.2, 0.25) is 10.0 Å². The summed E-state index contributed by atoms with van der Waals surface area (Å²) in [4.78, 5) is 0. The molecule has 3 rings (SSSR count). The molecular weight excluding hydrogens is 265 g/mol. The second kappa shape index (κ2) is 4.87. The molecule has 1 aromatic carbocycles. The molecule has 19 heavy (non-hydrogen) atoms. The Morgan fingerprint density at radius 1 is 1.16 bits per heavy atom. The van der Waals surface area contributed by atoms with E-state index in [9.17, 15) is 12.8 Å². The lowest BCUT2D eigenvalue weighted by molar-refractivity contribution is 0.390. The van der Waals surface area contributed by atoms with Gasteiger partial charge in [0, 0.05) is 6.04 Å². The second-order valence-electron chi connectivity index (χ2n) is 5.78. The van der Waals surface area contributed by atoms with E-state index in [2.05, 4.69) is 4.72 Å². The van der Waals surface area contributed by atoms with E-state index in [0.29, 0.717) is 17.4 Å². The van der Waals surface area contributed by atoms with Gasteiger partial charge in [-0.15, -0.1) is 0 Å². The Kier molecular flexibility index (Phi) is 3.35. The molecule has 0 spiro atoms. The van der Waals surface area contributed by atoms with Gasteiger partial charge in [-0.2, -0.15) is 0 Å². The third-order valence-electron chi connectivity index (χ3n) is 4.34. The monoisotopic (exact) mass is 283 g/mol. The average Bonchev–Trinajstić information content (AvgIpc) is 2.93. The lowest BCUT2D eigenvalue weighted by Crippen LogP contribution is -2.39. The highest BCUT2D eigenvalue weighted by Crippen LogP contribution is 2.44. The van der Waals surface area contributed by atoms with Crippen LogP contribution in [-0.4, -0.2) is 14.5 Å². The molecule has 2 aliphatic carbocycles. The van der Waals surface area contributed by atoms with Gasteiger partial charge in [-0.05, 0) is 48.8 Å². The van der Waals surface area contributed by atoms with Crippen molar-refractivity contribution in [3.63, 3.8) is 0 Å². The molecule has 104 valence electrons. The van der Waals surface area contributed by atoms with Crippen LogP contribution < -0.4 is 4.72 Å². The van der Waals surface area contributed by atoms with Gasteiger partial charge in [0.15, 0.2) is 0 Å². The normalized spacial score (nSPS) is 29.8. The molecule has 2 saturated carbocycles. The Labute approximate surface area is 113 Å². The first kappa shape index (κ1) is 13.1. The summed E-state index contributed by atoms with van der Waals surface area (Å²) < 4.78 is 39.8. The summed E-state index contributed by atoms with van der Waals surface area (Å²) in [6, 6.07) is 5.75. The molecular formula is C14H18FNO2S. The van der Waals surface area contributed by atoms with Gasteiger partial charge in [-0.1, -0.05) is 18.6 Å². The van der Waals surface area contributed by atoms with Gasteiger partial charge in [-0.3, -0.25) is 0 Å². The summed E-state index contributed by atoms with van der Waals surface area (Å²) in [7, 11) is -3.33. The molecule has 2 aliphatic rings. The smallest absolute Gasteiger partial charge is 0.212 e. The fraction of sp³-hybridized carbons (Fsp3) is 0.571. The molecule has 1 aromatic rings. The van der Waals surface area contributed by atoms with Crippen molar-refractivity contribution in [3.05, 3.63) is 35.6 Å². The molecule has 0 saturated heterocycles. The third-order valence-corrected chi connectivity index (χ3v) is 5.71. The van der Waals surface area contributed by atoms with Crippen LogP contribution in [0.2, 0.25) is 0 Å².